The van der Waals surface area contributed by atoms with Gasteiger partial charge in [-0.25, -0.2) is 4.39 Å². The number of hydrogen-bond donors (Lipinski definition) is 1. The van der Waals surface area contributed by atoms with Crippen molar-refractivity contribution < 1.29 is 18.8 Å². The first kappa shape index (κ1) is 17.1. The molecule has 0 unspecified atom stereocenters. The van der Waals surface area contributed by atoms with Gasteiger partial charge in [-0.2, -0.15) is 0 Å². The quantitative estimate of drug-likeness (QED) is 0.850. The Labute approximate surface area is 148 Å². The lowest BCUT2D eigenvalue weighted by Crippen LogP contribution is -2.33. The molecule has 0 atom stereocenters. The summed E-state index contributed by atoms with van der Waals surface area (Å²) >= 11 is 5.66. The van der Waals surface area contributed by atoms with Gasteiger partial charge in [0.05, 0.1) is 21.8 Å². The summed E-state index contributed by atoms with van der Waals surface area (Å²) in [7, 11) is 0. The summed E-state index contributed by atoms with van der Waals surface area (Å²) < 4.78 is 13.8. The van der Waals surface area contributed by atoms with E-state index >= 15 is 0 Å². The number of carbonyl (C=O) groups excluding carboxylic acids is 3. The van der Waals surface area contributed by atoms with Crippen molar-refractivity contribution in [2.24, 2.45) is 0 Å². The molecule has 2 aromatic rings. The SMILES string of the molecule is Cc1ccc2c(c1)C(=O)N(CCC(=O)Nc1cccc(Cl)c1F)C2=O. The van der Waals surface area contributed by atoms with Crippen molar-refractivity contribution in [3.05, 3.63) is 63.9 Å². The number of hydrogen-bond acceptors (Lipinski definition) is 3. The largest absolute Gasteiger partial charge is 0.323 e. The van der Waals surface area contributed by atoms with E-state index in [-0.39, 0.29) is 23.7 Å². The Morgan fingerprint density at radius 1 is 1.16 bits per heavy atom. The van der Waals surface area contributed by atoms with Crippen molar-refractivity contribution in [1.29, 1.82) is 0 Å². The molecule has 3 rings (SSSR count). The molecule has 0 radical (unpaired) electrons. The smallest absolute Gasteiger partial charge is 0.261 e. The number of anilines is 1. The van der Waals surface area contributed by atoms with Gasteiger partial charge in [0, 0.05) is 13.0 Å². The molecule has 0 fully saturated rings. The van der Waals surface area contributed by atoms with Crippen molar-refractivity contribution in [2.75, 3.05) is 11.9 Å². The molecule has 1 heterocycles. The Bertz CT molecular complexity index is 898. The van der Waals surface area contributed by atoms with Crippen LogP contribution in [0.3, 0.4) is 0 Å². The summed E-state index contributed by atoms with van der Waals surface area (Å²) in [5.74, 6) is -2.10. The highest BCUT2D eigenvalue weighted by Gasteiger charge is 2.35. The number of fused-ring (bicyclic) bond motifs is 1. The van der Waals surface area contributed by atoms with Gasteiger partial charge in [-0.15, -0.1) is 0 Å². The lowest BCUT2D eigenvalue weighted by Gasteiger charge is -2.13. The van der Waals surface area contributed by atoms with E-state index in [4.69, 9.17) is 11.6 Å². The Balaban J connectivity index is 1.66. The molecule has 5 nitrogen and oxygen atoms in total. The average Bonchev–Trinajstić information content (AvgIpc) is 2.80. The first-order valence-electron chi connectivity index (χ1n) is 7.59. The molecule has 128 valence electrons. The van der Waals surface area contributed by atoms with Crippen LogP contribution >= 0.6 is 11.6 Å². The predicted octanol–water partition coefficient (Wildman–Crippen LogP) is 3.41. The molecule has 1 N–H and O–H groups in total. The van der Waals surface area contributed by atoms with Crippen molar-refractivity contribution in [2.45, 2.75) is 13.3 Å². The fraction of sp³-hybridized carbons (Fsp3) is 0.167. The van der Waals surface area contributed by atoms with Gasteiger partial charge in [-0.1, -0.05) is 29.3 Å². The van der Waals surface area contributed by atoms with Crippen molar-refractivity contribution in [1.82, 2.24) is 4.90 Å². The van der Waals surface area contributed by atoms with E-state index in [1.54, 1.807) is 18.2 Å². The summed E-state index contributed by atoms with van der Waals surface area (Å²) in [6.07, 6.45) is -0.142. The van der Waals surface area contributed by atoms with Crippen LogP contribution in [0.25, 0.3) is 0 Å². The molecule has 0 saturated carbocycles. The van der Waals surface area contributed by atoms with Crippen LogP contribution in [0.4, 0.5) is 10.1 Å². The van der Waals surface area contributed by atoms with Gasteiger partial charge < -0.3 is 5.32 Å². The van der Waals surface area contributed by atoms with E-state index in [2.05, 4.69) is 5.32 Å². The Morgan fingerprint density at radius 3 is 2.64 bits per heavy atom. The number of nitrogens with zero attached hydrogens (tertiary/aromatic N) is 1. The maximum atomic E-state index is 13.8. The normalized spacial score (nSPS) is 13.2. The number of benzene rings is 2. The second-order valence-electron chi connectivity index (χ2n) is 5.71. The molecule has 0 aliphatic carbocycles. The van der Waals surface area contributed by atoms with Gasteiger partial charge in [0.25, 0.3) is 11.8 Å². The van der Waals surface area contributed by atoms with Gasteiger partial charge >= 0.3 is 0 Å². The minimum atomic E-state index is -0.728. The number of imide groups is 1. The lowest BCUT2D eigenvalue weighted by atomic mass is 10.1. The molecule has 0 spiro atoms. The molecular weight excluding hydrogens is 347 g/mol. The molecule has 0 bridgehead atoms. The van der Waals surface area contributed by atoms with Crippen LogP contribution in [0.2, 0.25) is 5.02 Å². The monoisotopic (exact) mass is 360 g/mol. The van der Waals surface area contributed by atoms with Crippen LogP contribution in [0, 0.1) is 12.7 Å². The molecule has 7 heteroatoms. The topological polar surface area (TPSA) is 66.5 Å². The third-order valence-corrected chi connectivity index (χ3v) is 4.21. The second-order valence-corrected chi connectivity index (χ2v) is 6.12. The fourth-order valence-corrected chi connectivity index (χ4v) is 2.81. The molecule has 1 aliphatic heterocycles. The first-order chi connectivity index (χ1) is 11.9. The van der Waals surface area contributed by atoms with Gasteiger partial charge in [0.2, 0.25) is 5.91 Å². The number of nitrogens with one attached hydrogen (secondary N) is 1. The average molecular weight is 361 g/mol. The molecular formula is C18H14ClFN2O3. The predicted molar refractivity (Wildman–Crippen MR) is 91.2 cm³/mol. The molecule has 1 aliphatic rings. The summed E-state index contributed by atoms with van der Waals surface area (Å²) in [4.78, 5) is 37.6. The summed E-state index contributed by atoms with van der Waals surface area (Å²) in [5, 5.41) is 2.28. The van der Waals surface area contributed by atoms with Crippen LogP contribution in [-0.2, 0) is 4.79 Å². The van der Waals surface area contributed by atoms with E-state index in [0.29, 0.717) is 11.1 Å². The Hall–Kier alpha value is -2.73. The van der Waals surface area contributed by atoms with E-state index in [9.17, 15) is 18.8 Å². The highest BCUT2D eigenvalue weighted by Crippen LogP contribution is 2.25. The molecule has 3 amide bonds. The maximum Gasteiger partial charge on any atom is 0.261 e. The third-order valence-electron chi connectivity index (χ3n) is 3.91. The van der Waals surface area contributed by atoms with E-state index in [1.807, 2.05) is 6.92 Å². The summed E-state index contributed by atoms with van der Waals surface area (Å²) in [6.45, 7) is 1.74. The van der Waals surface area contributed by atoms with Crippen LogP contribution in [0.1, 0.15) is 32.7 Å². The van der Waals surface area contributed by atoms with Crippen molar-refractivity contribution >= 4 is 35.0 Å². The molecule has 0 saturated heterocycles. The first-order valence-corrected chi connectivity index (χ1v) is 7.97. The number of carbonyl (C=O) groups is 3. The zero-order chi connectivity index (χ0) is 18.1. The number of amides is 3. The summed E-state index contributed by atoms with van der Waals surface area (Å²) in [5.41, 5.74) is 1.49. The zero-order valence-electron chi connectivity index (χ0n) is 13.3. The van der Waals surface area contributed by atoms with Gasteiger partial charge in [0.1, 0.15) is 0 Å². The maximum absolute atomic E-state index is 13.8. The highest BCUT2D eigenvalue weighted by molar-refractivity contribution is 6.31. The molecule has 25 heavy (non-hydrogen) atoms. The Morgan fingerprint density at radius 2 is 1.88 bits per heavy atom. The number of halogens is 2. The zero-order valence-corrected chi connectivity index (χ0v) is 14.1. The molecule has 2 aromatic carbocycles. The summed E-state index contributed by atoms with van der Waals surface area (Å²) in [6, 6.07) is 9.26. The van der Waals surface area contributed by atoms with E-state index in [0.717, 1.165) is 10.5 Å². The van der Waals surface area contributed by atoms with Crippen molar-refractivity contribution in [3.8, 4) is 0 Å². The number of rotatable bonds is 4. The van der Waals surface area contributed by atoms with Gasteiger partial charge in [-0.3, -0.25) is 19.3 Å². The van der Waals surface area contributed by atoms with Crippen LogP contribution < -0.4 is 5.32 Å². The minimum Gasteiger partial charge on any atom is -0.323 e. The standard InChI is InChI=1S/C18H14ClFN2O3/c1-10-5-6-11-12(9-10)18(25)22(17(11)24)8-7-15(23)21-14-4-2-3-13(19)16(14)20/h2-6,9H,7-8H2,1H3,(H,21,23). The van der Waals surface area contributed by atoms with Gasteiger partial charge in [-0.05, 0) is 31.2 Å². The minimum absolute atomic E-state index is 0.0458. The van der Waals surface area contributed by atoms with Gasteiger partial charge in [0.15, 0.2) is 5.82 Å². The lowest BCUT2D eigenvalue weighted by molar-refractivity contribution is -0.116. The third kappa shape index (κ3) is 3.25. The Kier molecular flexibility index (Phi) is 4.55. The molecule has 0 aromatic heterocycles. The second kappa shape index (κ2) is 6.64. The van der Waals surface area contributed by atoms with E-state index in [1.165, 1.54) is 18.2 Å². The van der Waals surface area contributed by atoms with Crippen LogP contribution in [-0.4, -0.2) is 29.2 Å². The van der Waals surface area contributed by atoms with E-state index < -0.39 is 23.5 Å². The van der Waals surface area contributed by atoms with Crippen LogP contribution in [0.5, 0.6) is 0 Å². The van der Waals surface area contributed by atoms with Crippen LogP contribution in [0.15, 0.2) is 36.4 Å². The van der Waals surface area contributed by atoms with Crippen molar-refractivity contribution in [3.63, 3.8) is 0 Å². The number of aryl methyl sites for hydroxylation is 1. The highest BCUT2D eigenvalue weighted by atomic mass is 35.5. The fourth-order valence-electron chi connectivity index (χ4n) is 2.63.